The molecular formula is C22H30N6O2. The Morgan fingerprint density at radius 2 is 2.10 bits per heavy atom. The summed E-state index contributed by atoms with van der Waals surface area (Å²) in [7, 11) is 1.75. The van der Waals surface area contributed by atoms with Crippen LogP contribution >= 0.6 is 0 Å². The highest BCUT2D eigenvalue weighted by atomic mass is 16.3. The molecule has 8 heteroatoms. The molecule has 0 saturated heterocycles. The number of anilines is 2. The lowest BCUT2D eigenvalue weighted by Gasteiger charge is -2.31. The predicted molar refractivity (Wildman–Crippen MR) is 118 cm³/mol. The molecule has 0 spiro atoms. The summed E-state index contributed by atoms with van der Waals surface area (Å²) in [6.45, 7) is 2.86. The summed E-state index contributed by atoms with van der Waals surface area (Å²) in [5.41, 5.74) is 2.90. The zero-order valence-corrected chi connectivity index (χ0v) is 17.6. The molecule has 1 saturated carbocycles. The molecule has 1 aliphatic rings. The second-order valence-electron chi connectivity index (χ2n) is 8.10. The lowest BCUT2D eigenvalue weighted by molar-refractivity contribution is 0.178. The van der Waals surface area contributed by atoms with Crippen LogP contribution in [0.5, 0.6) is 0 Å². The van der Waals surface area contributed by atoms with Crippen molar-refractivity contribution >= 4 is 17.3 Å². The topological polar surface area (TPSA) is 96.5 Å². The third kappa shape index (κ3) is 4.18. The number of rotatable bonds is 7. The van der Waals surface area contributed by atoms with Crippen LogP contribution in [0, 0.1) is 5.92 Å². The van der Waals surface area contributed by atoms with Gasteiger partial charge in [-0.1, -0.05) is 25.8 Å². The number of aromatic nitrogens is 4. The summed E-state index contributed by atoms with van der Waals surface area (Å²) in [6, 6.07) is 5.61. The maximum absolute atomic E-state index is 11.6. The predicted octanol–water partition coefficient (Wildman–Crippen LogP) is 2.57. The SMILES string of the molecule is CCc1cnn2c(NCc3ccc(=O)n(C)c3)cc(NC3CCCCC3CO)nc12. The minimum atomic E-state index is -0.0258. The van der Waals surface area contributed by atoms with E-state index in [-0.39, 0.29) is 24.1 Å². The Morgan fingerprint density at radius 1 is 1.27 bits per heavy atom. The molecule has 4 rings (SSSR count). The van der Waals surface area contributed by atoms with Gasteiger partial charge in [-0.15, -0.1) is 0 Å². The fraction of sp³-hybridized carbons (Fsp3) is 0.500. The minimum absolute atomic E-state index is 0.0258. The first-order chi connectivity index (χ1) is 14.6. The van der Waals surface area contributed by atoms with Gasteiger partial charge in [-0.05, 0) is 24.8 Å². The van der Waals surface area contributed by atoms with Crippen LogP contribution in [0.4, 0.5) is 11.6 Å². The van der Waals surface area contributed by atoms with E-state index in [9.17, 15) is 9.90 Å². The standard InChI is InChI=1S/C22H30N6O2/c1-3-16-12-24-28-20(23-11-15-8-9-21(30)27(2)13-15)10-19(26-22(16)28)25-18-7-5-4-6-17(18)14-29/h8-10,12-13,17-18,23,29H,3-7,11,14H2,1-2H3,(H,25,26). The molecule has 160 valence electrons. The molecule has 0 bridgehead atoms. The zero-order valence-electron chi connectivity index (χ0n) is 17.6. The molecule has 3 aromatic rings. The summed E-state index contributed by atoms with van der Waals surface area (Å²) in [6.07, 6.45) is 8.97. The molecule has 3 aromatic heterocycles. The minimum Gasteiger partial charge on any atom is -0.396 e. The van der Waals surface area contributed by atoms with Crippen molar-refractivity contribution in [3.63, 3.8) is 0 Å². The Balaban J connectivity index is 1.63. The van der Waals surface area contributed by atoms with Gasteiger partial charge >= 0.3 is 0 Å². The molecule has 30 heavy (non-hydrogen) atoms. The van der Waals surface area contributed by atoms with Crippen LogP contribution in [0.3, 0.4) is 0 Å². The van der Waals surface area contributed by atoms with Crippen LogP contribution in [-0.2, 0) is 20.0 Å². The van der Waals surface area contributed by atoms with Crippen LogP contribution in [0.15, 0.2) is 35.4 Å². The molecule has 3 heterocycles. The van der Waals surface area contributed by atoms with Crippen molar-refractivity contribution in [2.24, 2.45) is 13.0 Å². The van der Waals surface area contributed by atoms with Crippen LogP contribution in [0.25, 0.3) is 5.65 Å². The smallest absolute Gasteiger partial charge is 0.250 e. The van der Waals surface area contributed by atoms with E-state index in [4.69, 9.17) is 4.98 Å². The van der Waals surface area contributed by atoms with Gasteiger partial charge in [0.05, 0.1) is 6.20 Å². The number of nitrogens with one attached hydrogen (secondary N) is 2. The Morgan fingerprint density at radius 3 is 2.87 bits per heavy atom. The van der Waals surface area contributed by atoms with Gasteiger partial charge in [-0.25, -0.2) is 4.98 Å². The molecule has 0 amide bonds. The van der Waals surface area contributed by atoms with Crippen molar-refractivity contribution in [1.82, 2.24) is 19.2 Å². The fourth-order valence-electron chi connectivity index (χ4n) is 4.21. The first-order valence-corrected chi connectivity index (χ1v) is 10.7. The van der Waals surface area contributed by atoms with Gasteiger partial charge in [0.2, 0.25) is 5.56 Å². The molecule has 0 radical (unpaired) electrons. The highest BCUT2D eigenvalue weighted by molar-refractivity contribution is 5.60. The number of hydrogen-bond donors (Lipinski definition) is 3. The number of nitrogens with zero attached hydrogens (tertiary/aromatic N) is 4. The van der Waals surface area contributed by atoms with Gasteiger partial charge < -0.3 is 20.3 Å². The molecule has 1 fully saturated rings. The van der Waals surface area contributed by atoms with Crippen molar-refractivity contribution in [3.8, 4) is 0 Å². The van der Waals surface area contributed by atoms with Gasteiger partial charge in [-0.2, -0.15) is 9.61 Å². The largest absolute Gasteiger partial charge is 0.396 e. The summed E-state index contributed by atoms with van der Waals surface area (Å²) in [5, 5.41) is 21.3. The zero-order chi connectivity index (χ0) is 21.1. The summed E-state index contributed by atoms with van der Waals surface area (Å²) in [4.78, 5) is 16.5. The van der Waals surface area contributed by atoms with E-state index >= 15 is 0 Å². The van der Waals surface area contributed by atoms with E-state index in [1.807, 2.05) is 29.0 Å². The molecule has 2 atom stereocenters. The Labute approximate surface area is 176 Å². The van der Waals surface area contributed by atoms with Gasteiger partial charge in [0, 0.05) is 56.1 Å². The number of aliphatic hydroxyl groups is 1. The quantitative estimate of drug-likeness (QED) is 0.554. The van der Waals surface area contributed by atoms with E-state index in [0.29, 0.717) is 6.54 Å². The molecular weight excluding hydrogens is 380 g/mol. The summed E-state index contributed by atoms with van der Waals surface area (Å²) in [5.74, 6) is 1.90. The lowest BCUT2D eigenvalue weighted by Crippen LogP contribution is -2.34. The van der Waals surface area contributed by atoms with E-state index in [1.165, 1.54) is 12.8 Å². The van der Waals surface area contributed by atoms with Crippen LogP contribution in [-0.4, -0.2) is 36.9 Å². The highest BCUT2D eigenvalue weighted by Gasteiger charge is 2.25. The maximum atomic E-state index is 11.6. The second kappa shape index (κ2) is 8.87. The van der Waals surface area contributed by atoms with Crippen LogP contribution < -0.4 is 16.2 Å². The molecule has 1 aliphatic carbocycles. The van der Waals surface area contributed by atoms with Gasteiger partial charge in [-0.3, -0.25) is 4.79 Å². The molecule has 0 aromatic carbocycles. The number of aryl methyl sites for hydroxylation is 2. The van der Waals surface area contributed by atoms with E-state index in [1.54, 1.807) is 17.7 Å². The van der Waals surface area contributed by atoms with Crippen molar-refractivity contribution < 1.29 is 5.11 Å². The van der Waals surface area contributed by atoms with Gasteiger partial charge in [0.25, 0.3) is 0 Å². The van der Waals surface area contributed by atoms with E-state index in [2.05, 4.69) is 22.7 Å². The average molecular weight is 411 g/mol. The van der Waals surface area contributed by atoms with Crippen LogP contribution in [0.1, 0.15) is 43.7 Å². The number of fused-ring (bicyclic) bond motifs is 1. The molecule has 0 aliphatic heterocycles. The van der Waals surface area contributed by atoms with Crippen molar-refractivity contribution in [1.29, 1.82) is 0 Å². The first kappa shape index (κ1) is 20.4. The monoisotopic (exact) mass is 410 g/mol. The Bertz CT molecular complexity index is 1070. The number of hydrogen-bond acceptors (Lipinski definition) is 6. The first-order valence-electron chi connectivity index (χ1n) is 10.7. The molecule has 8 nitrogen and oxygen atoms in total. The summed E-state index contributed by atoms with van der Waals surface area (Å²) < 4.78 is 3.41. The third-order valence-electron chi connectivity index (χ3n) is 6.02. The van der Waals surface area contributed by atoms with Gasteiger partial charge in [0.15, 0.2) is 5.65 Å². The average Bonchev–Trinajstić information content (AvgIpc) is 3.18. The fourth-order valence-corrected chi connectivity index (χ4v) is 4.21. The van der Waals surface area contributed by atoms with Crippen molar-refractivity contribution in [3.05, 3.63) is 52.1 Å². The second-order valence-corrected chi connectivity index (χ2v) is 8.10. The summed E-state index contributed by atoms with van der Waals surface area (Å²) >= 11 is 0. The van der Waals surface area contributed by atoms with E-state index < -0.39 is 0 Å². The Hall–Kier alpha value is -2.87. The molecule has 3 N–H and O–H groups in total. The number of pyridine rings is 1. The van der Waals surface area contributed by atoms with E-state index in [0.717, 1.165) is 47.7 Å². The van der Waals surface area contributed by atoms with Crippen LogP contribution in [0.2, 0.25) is 0 Å². The normalized spacial score (nSPS) is 19.2. The van der Waals surface area contributed by atoms with Crippen molar-refractivity contribution in [2.75, 3.05) is 17.2 Å². The highest BCUT2D eigenvalue weighted by Crippen LogP contribution is 2.28. The number of aliphatic hydroxyl groups excluding tert-OH is 1. The van der Waals surface area contributed by atoms with Crippen molar-refractivity contribution in [2.45, 2.75) is 51.6 Å². The maximum Gasteiger partial charge on any atom is 0.250 e. The molecule has 2 unspecified atom stereocenters. The lowest BCUT2D eigenvalue weighted by atomic mass is 9.85. The third-order valence-corrected chi connectivity index (χ3v) is 6.02. The Kier molecular flexibility index (Phi) is 6.03. The van der Waals surface area contributed by atoms with Gasteiger partial charge in [0.1, 0.15) is 11.6 Å².